The first-order valence-corrected chi connectivity index (χ1v) is 9.96. The summed E-state index contributed by atoms with van der Waals surface area (Å²) < 4.78 is 0. The molecular formula is C24H27N3O3. The van der Waals surface area contributed by atoms with Gasteiger partial charge in [0.05, 0.1) is 5.69 Å². The molecule has 156 valence electrons. The highest BCUT2D eigenvalue weighted by Gasteiger charge is 2.55. The molecule has 4 amide bonds. The first-order valence-electron chi connectivity index (χ1n) is 9.96. The van der Waals surface area contributed by atoms with Crippen LogP contribution in [0.15, 0.2) is 60.7 Å². The van der Waals surface area contributed by atoms with Crippen molar-refractivity contribution in [2.45, 2.75) is 20.3 Å². The van der Waals surface area contributed by atoms with Crippen molar-refractivity contribution in [2.24, 2.45) is 11.3 Å². The third kappa shape index (κ3) is 3.85. The summed E-state index contributed by atoms with van der Waals surface area (Å²) in [7, 11) is 3.95. The number of urea groups is 1. The molecule has 0 aliphatic carbocycles. The molecule has 6 nitrogen and oxygen atoms in total. The molecular weight excluding hydrogens is 378 g/mol. The van der Waals surface area contributed by atoms with Crippen LogP contribution in [-0.2, 0) is 9.59 Å². The molecule has 1 heterocycles. The second kappa shape index (κ2) is 8.53. The molecule has 1 fully saturated rings. The molecule has 0 aromatic heterocycles. The van der Waals surface area contributed by atoms with Crippen molar-refractivity contribution < 1.29 is 14.4 Å². The minimum Gasteiger partial charge on any atom is -0.378 e. The molecule has 6 heteroatoms. The fourth-order valence-corrected chi connectivity index (χ4v) is 3.65. The van der Waals surface area contributed by atoms with Crippen LogP contribution in [0, 0.1) is 11.3 Å². The molecule has 0 radical (unpaired) electrons. The van der Waals surface area contributed by atoms with Crippen LogP contribution in [0.3, 0.4) is 0 Å². The maximum Gasteiger partial charge on any atom is 0.335 e. The van der Waals surface area contributed by atoms with Gasteiger partial charge in [0, 0.05) is 19.8 Å². The Bertz CT molecular complexity index is 965. The Morgan fingerprint density at radius 3 is 2.20 bits per heavy atom. The van der Waals surface area contributed by atoms with Crippen molar-refractivity contribution >= 4 is 35.3 Å². The Morgan fingerprint density at radius 1 is 1.00 bits per heavy atom. The number of amides is 4. The van der Waals surface area contributed by atoms with Gasteiger partial charge in [-0.15, -0.1) is 0 Å². The summed E-state index contributed by atoms with van der Waals surface area (Å²) in [6.45, 7) is 3.66. The lowest BCUT2D eigenvalue weighted by Gasteiger charge is -2.41. The van der Waals surface area contributed by atoms with Crippen LogP contribution < -0.4 is 15.1 Å². The van der Waals surface area contributed by atoms with E-state index in [0.29, 0.717) is 5.69 Å². The summed E-state index contributed by atoms with van der Waals surface area (Å²) in [5, 5.41) is 2.39. The average molecular weight is 405 g/mol. The van der Waals surface area contributed by atoms with Gasteiger partial charge in [-0.05, 0) is 42.2 Å². The zero-order valence-electron chi connectivity index (χ0n) is 17.8. The number of barbiturate groups is 1. The van der Waals surface area contributed by atoms with Crippen LogP contribution in [0.4, 0.5) is 16.2 Å². The lowest BCUT2D eigenvalue weighted by Crippen LogP contribution is -2.65. The summed E-state index contributed by atoms with van der Waals surface area (Å²) in [6, 6.07) is 15.9. The number of para-hydroxylation sites is 1. The van der Waals surface area contributed by atoms with Gasteiger partial charge in [0.2, 0.25) is 5.91 Å². The molecule has 2 aromatic carbocycles. The van der Waals surface area contributed by atoms with Gasteiger partial charge in [0.25, 0.3) is 5.91 Å². The number of allylic oxidation sites excluding steroid dienone is 1. The summed E-state index contributed by atoms with van der Waals surface area (Å²) in [6.07, 6.45) is 3.93. The number of carbonyl (C=O) groups excluding carboxylic acids is 3. The normalized spacial score (nSPS) is 19.5. The number of anilines is 2. The highest BCUT2D eigenvalue weighted by molar-refractivity contribution is 6.30. The van der Waals surface area contributed by atoms with Crippen molar-refractivity contribution in [3.8, 4) is 0 Å². The first-order chi connectivity index (χ1) is 14.3. The molecule has 1 aliphatic rings. The number of hydrogen-bond acceptors (Lipinski definition) is 4. The van der Waals surface area contributed by atoms with Gasteiger partial charge in [-0.2, -0.15) is 0 Å². The van der Waals surface area contributed by atoms with E-state index in [1.165, 1.54) is 0 Å². The van der Waals surface area contributed by atoms with Gasteiger partial charge in [-0.25, -0.2) is 9.69 Å². The monoisotopic (exact) mass is 405 g/mol. The number of imide groups is 2. The zero-order chi connectivity index (χ0) is 21.9. The number of carbonyl (C=O) groups is 3. The molecule has 30 heavy (non-hydrogen) atoms. The Kier molecular flexibility index (Phi) is 6.06. The summed E-state index contributed by atoms with van der Waals surface area (Å²) in [5.41, 5.74) is 1.15. The van der Waals surface area contributed by atoms with E-state index >= 15 is 0 Å². The molecule has 1 atom stereocenters. The van der Waals surface area contributed by atoms with E-state index in [4.69, 9.17) is 0 Å². The van der Waals surface area contributed by atoms with Crippen molar-refractivity contribution in [1.29, 1.82) is 0 Å². The van der Waals surface area contributed by atoms with E-state index in [0.717, 1.165) is 16.2 Å². The maximum atomic E-state index is 13.5. The molecule has 1 N–H and O–H groups in total. The van der Waals surface area contributed by atoms with Crippen molar-refractivity contribution in [2.75, 3.05) is 23.9 Å². The van der Waals surface area contributed by atoms with Crippen molar-refractivity contribution in [3.05, 3.63) is 66.2 Å². The lowest BCUT2D eigenvalue weighted by atomic mass is 9.71. The second-order valence-corrected chi connectivity index (χ2v) is 7.95. The summed E-state index contributed by atoms with van der Waals surface area (Å²) in [4.78, 5) is 41.9. The van der Waals surface area contributed by atoms with E-state index in [9.17, 15) is 14.4 Å². The highest BCUT2D eigenvalue weighted by Crippen LogP contribution is 2.39. The minimum absolute atomic E-state index is 0.196. The Balaban J connectivity index is 1.90. The fourth-order valence-electron chi connectivity index (χ4n) is 3.65. The molecule has 1 unspecified atom stereocenters. The fraction of sp³-hybridized carbons (Fsp3) is 0.292. The van der Waals surface area contributed by atoms with E-state index < -0.39 is 23.3 Å². The number of rotatable bonds is 6. The zero-order valence-corrected chi connectivity index (χ0v) is 17.8. The highest BCUT2D eigenvalue weighted by atomic mass is 16.2. The predicted octanol–water partition coefficient (Wildman–Crippen LogP) is 4.08. The van der Waals surface area contributed by atoms with Gasteiger partial charge < -0.3 is 4.90 Å². The molecule has 3 rings (SSSR count). The largest absolute Gasteiger partial charge is 0.378 e. The van der Waals surface area contributed by atoms with Crippen LogP contribution >= 0.6 is 0 Å². The Morgan fingerprint density at radius 2 is 1.63 bits per heavy atom. The predicted molar refractivity (Wildman–Crippen MR) is 119 cm³/mol. The van der Waals surface area contributed by atoms with E-state index in [1.54, 1.807) is 30.3 Å². The quantitative estimate of drug-likeness (QED) is 0.735. The Hall–Kier alpha value is -3.41. The van der Waals surface area contributed by atoms with Crippen LogP contribution in [0.5, 0.6) is 0 Å². The van der Waals surface area contributed by atoms with Crippen LogP contribution in [-0.4, -0.2) is 31.9 Å². The molecule has 1 saturated heterocycles. The van der Waals surface area contributed by atoms with Gasteiger partial charge in [-0.3, -0.25) is 14.9 Å². The standard InChI is InChI=1S/C24H27N3O3/c1-17(2)24(16-8-9-18-12-14-19(15-13-18)26(3)4)21(28)25-23(30)27(22(24)29)20-10-6-5-7-11-20/h5-15,17H,16H2,1-4H3,(H,25,28,30)/b9-8-. The molecule has 2 aromatic rings. The molecule has 0 bridgehead atoms. The molecule has 0 spiro atoms. The van der Waals surface area contributed by atoms with Crippen LogP contribution in [0.1, 0.15) is 25.8 Å². The van der Waals surface area contributed by atoms with Gasteiger partial charge >= 0.3 is 6.03 Å². The van der Waals surface area contributed by atoms with Gasteiger partial charge in [-0.1, -0.05) is 56.3 Å². The van der Waals surface area contributed by atoms with E-state index in [-0.39, 0.29) is 12.3 Å². The van der Waals surface area contributed by atoms with E-state index in [2.05, 4.69) is 5.32 Å². The van der Waals surface area contributed by atoms with Gasteiger partial charge in [0.15, 0.2) is 0 Å². The minimum atomic E-state index is -1.36. The maximum absolute atomic E-state index is 13.5. The topological polar surface area (TPSA) is 69.7 Å². The van der Waals surface area contributed by atoms with Crippen molar-refractivity contribution in [1.82, 2.24) is 5.32 Å². The SMILES string of the molecule is CC(C)C1(C/C=C\c2ccc(N(C)C)cc2)C(=O)NC(=O)N(c2ccccc2)C1=O. The number of hydrogen-bond donors (Lipinski definition) is 1. The third-order valence-corrected chi connectivity index (χ3v) is 5.57. The molecule has 1 aliphatic heterocycles. The summed E-state index contributed by atoms with van der Waals surface area (Å²) >= 11 is 0. The average Bonchev–Trinajstić information content (AvgIpc) is 2.71. The van der Waals surface area contributed by atoms with Crippen LogP contribution in [0.25, 0.3) is 6.08 Å². The van der Waals surface area contributed by atoms with Crippen molar-refractivity contribution in [3.63, 3.8) is 0 Å². The lowest BCUT2D eigenvalue weighted by molar-refractivity contribution is -0.145. The van der Waals surface area contributed by atoms with Crippen LogP contribution in [0.2, 0.25) is 0 Å². The third-order valence-electron chi connectivity index (χ3n) is 5.57. The van der Waals surface area contributed by atoms with Gasteiger partial charge in [0.1, 0.15) is 5.41 Å². The number of nitrogens with one attached hydrogen (secondary N) is 1. The Labute approximate surface area is 177 Å². The number of benzene rings is 2. The summed E-state index contributed by atoms with van der Waals surface area (Å²) in [5.74, 6) is -1.34. The first kappa shape index (κ1) is 21.3. The molecule has 0 saturated carbocycles. The number of nitrogens with zero attached hydrogens (tertiary/aromatic N) is 2. The smallest absolute Gasteiger partial charge is 0.335 e. The van der Waals surface area contributed by atoms with E-state index in [1.807, 2.05) is 69.3 Å². The second-order valence-electron chi connectivity index (χ2n) is 7.95.